The van der Waals surface area contributed by atoms with E-state index < -0.39 is 0 Å². The number of ether oxygens (including phenoxy) is 3. The first-order chi connectivity index (χ1) is 12.1. The number of benzene rings is 1. The van der Waals surface area contributed by atoms with Gasteiger partial charge in [-0.1, -0.05) is 0 Å². The maximum absolute atomic E-state index is 11.1. The third kappa shape index (κ3) is 4.06. The number of thiophene rings is 1. The molecule has 0 saturated heterocycles. The zero-order valence-electron chi connectivity index (χ0n) is 14.2. The molecule has 3 aromatic rings. The van der Waals surface area contributed by atoms with Crippen LogP contribution in [-0.4, -0.2) is 22.5 Å². The minimum absolute atomic E-state index is 0.309. The van der Waals surface area contributed by atoms with Gasteiger partial charge in [0.05, 0.1) is 12.2 Å². The van der Waals surface area contributed by atoms with E-state index in [2.05, 4.69) is 9.97 Å². The third-order valence-electron chi connectivity index (χ3n) is 3.39. The fourth-order valence-electron chi connectivity index (χ4n) is 2.30. The number of aromatic nitrogens is 2. The highest BCUT2D eigenvalue weighted by atomic mass is 32.1. The summed E-state index contributed by atoms with van der Waals surface area (Å²) in [7, 11) is 0. The maximum Gasteiger partial charge on any atom is 0.308 e. The van der Waals surface area contributed by atoms with E-state index in [1.165, 1.54) is 18.3 Å². The maximum atomic E-state index is 11.1. The molecule has 7 heteroatoms. The molecule has 6 nitrogen and oxygen atoms in total. The zero-order valence-corrected chi connectivity index (χ0v) is 15.1. The van der Waals surface area contributed by atoms with Crippen LogP contribution in [0, 0.1) is 6.92 Å². The fraction of sp³-hybridized carbons (Fsp3) is 0.278. The quantitative estimate of drug-likeness (QED) is 0.622. The van der Waals surface area contributed by atoms with E-state index in [1.807, 2.05) is 37.4 Å². The Morgan fingerprint density at radius 3 is 2.88 bits per heavy atom. The lowest BCUT2D eigenvalue weighted by atomic mass is 10.2. The molecular formula is C18H18N2O4S. The topological polar surface area (TPSA) is 70.5 Å². The van der Waals surface area contributed by atoms with Gasteiger partial charge in [0.15, 0.2) is 0 Å². The molecule has 2 aromatic heterocycles. The Bertz CT molecular complexity index is 907. The smallest absolute Gasteiger partial charge is 0.308 e. The van der Waals surface area contributed by atoms with Gasteiger partial charge < -0.3 is 14.2 Å². The predicted octanol–water partition coefficient (Wildman–Crippen LogP) is 3.90. The van der Waals surface area contributed by atoms with Gasteiger partial charge in [-0.2, -0.15) is 4.98 Å². The summed E-state index contributed by atoms with van der Waals surface area (Å²) in [5.41, 5.74) is 0.791. The summed E-state index contributed by atoms with van der Waals surface area (Å²) in [6, 6.07) is 5.65. The number of nitrogens with zero attached hydrogens (tertiary/aromatic N) is 2. The summed E-state index contributed by atoms with van der Waals surface area (Å²) < 4.78 is 17.6. The van der Waals surface area contributed by atoms with Crippen molar-refractivity contribution in [3.63, 3.8) is 0 Å². The molecule has 1 aromatic carbocycles. The SMILES string of the molecule is CCOc1nc(C)ncc1COc1ccc2c(OC(C)=O)csc2c1. The standard InChI is InChI=1S/C18H18N2O4S/c1-4-22-18-13(8-19-11(2)20-18)9-23-14-5-6-15-16(24-12(3)21)10-25-17(15)7-14/h5-8,10H,4,9H2,1-3H3. The van der Waals surface area contributed by atoms with Crippen molar-refractivity contribution in [3.8, 4) is 17.4 Å². The van der Waals surface area contributed by atoms with E-state index >= 15 is 0 Å². The Hall–Kier alpha value is -2.67. The molecule has 0 unspecified atom stereocenters. The lowest BCUT2D eigenvalue weighted by molar-refractivity contribution is -0.131. The number of hydrogen-bond acceptors (Lipinski definition) is 7. The summed E-state index contributed by atoms with van der Waals surface area (Å²) in [6.45, 7) is 5.96. The number of fused-ring (bicyclic) bond motifs is 1. The minimum Gasteiger partial charge on any atom is -0.489 e. The van der Waals surface area contributed by atoms with Gasteiger partial charge in [0, 0.05) is 28.6 Å². The molecule has 130 valence electrons. The second-order valence-corrected chi connectivity index (χ2v) is 6.23. The van der Waals surface area contributed by atoms with Crippen molar-refractivity contribution in [3.05, 3.63) is 41.2 Å². The number of carbonyl (C=O) groups is 1. The van der Waals surface area contributed by atoms with Gasteiger partial charge in [0.2, 0.25) is 5.88 Å². The van der Waals surface area contributed by atoms with Crippen LogP contribution in [0.2, 0.25) is 0 Å². The Kier molecular flexibility index (Phi) is 5.14. The fourth-order valence-corrected chi connectivity index (χ4v) is 3.19. The van der Waals surface area contributed by atoms with Gasteiger partial charge >= 0.3 is 5.97 Å². The summed E-state index contributed by atoms with van der Waals surface area (Å²) in [6.07, 6.45) is 1.72. The Balaban J connectivity index is 1.77. The first-order valence-corrected chi connectivity index (χ1v) is 8.72. The number of aryl methyl sites for hydroxylation is 1. The molecule has 0 aliphatic rings. The molecule has 0 saturated carbocycles. The highest BCUT2D eigenvalue weighted by Gasteiger charge is 2.11. The van der Waals surface area contributed by atoms with E-state index in [1.54, 1.807) is 6.20 Å². The molecular weight excluding hydrogens is 340 g/mol. The second-order valence-electron chi connectivity index (χ2n) is 5.32. The lowest BCUT2D eigenvalue weighted by Crippen LogP contribution is -2.05. The van der Waals surface area contributed by atoms with Crippen LogP contribution in [-0.2, 0) is 11.4 Å². The van der Waals surface area contributed by atoms with E-state index in [9.17, 15) is 4.79 Å². The van der Waals surface area contributed by atoms with Crippen molar-refractivity contribution in [1.82, 2.24) is 9.97 Å². The molecule has 3 rings (SSSR count). The number of hydrogen-bond donors (Lipinski definition) is 0. The molecule has 0 atom stereocenters. The van der Waals surface area contributed by atoms with Gasteiger partial charge in [0.25, 0.3) is 0 Å². The summed E-state index contributed by atoms with van der Waals surface area (Å²) in [5, 5.41) is 2.71. The van der Waals surface area contributed by atoms with Crippen molar-refractivity contribution in [1.29, 1.82) is 0 Å². The van der Waals surface area contributed by atoms with Gasteiger partial charge in [-0.25, -0.2) is 4.98 Å². The Morgan fingerprint density at radius 1 is 1.28 bits per heavy atom. The Morgan fingerprint density at radius 2 is 2.12 bits per heavy atom. The van der Waals surface area contributed by atoms with E-state index in [-0.39, 0.29) is 5.97 Å². The molecule has 0 aliphatic carbocycles. The Labute approximate surface area is 149 Å². The highest BCUT2D eigenvalue weighted by Crippen LogP contribution is 2.35. The van der Waals surface area contributed by atoms with Gasteiger partial charge in [-0.15, -0.1) is 11.3 Å². The number of esters is 1. The molecule has 25 heavy (non-hydrogen) atoms. The average Bonchev–Trinajstić information content (AvgIpc) is 2.96. The highest BCUT2D eigenvalue weighted by molar-refractivity contribution is 7.17. The summed E-state index contributed by atoms with van der Waals surface area (Å²) in [4.78, 5) is 19.6. The predicted molar refractivity (Wildman–Crippen MR) is 95.4 cm³/mol. The van der Waals surface area contributed by atoms with Crippen LogP contribution < -0.4 is 14.2 Å². The van der Waals surface area contributed by atoms with Crippen LogP contribution in [0.4, 0.5) is 0 Å². The molecule has 0 aliphatic heterocycles. The van der Waals surface area contributed by atoms with E-state index in [4.69, 9.17) is 14.2 Å². The normalized spacial score (nSPS) is 10.7. The van der Waals surface area contributed by atoms with Crippen LogP contribution >= 0.6 is 11.3 Å². The minimum atomic E-state index is -0.331. The van der Waals surface area contributed by atoms with Crippen LogP contribution in [0.15, 0.2) is 29.8 Å². The zero-order chi connectivity index (χ0) is 17.8. The van der Waals surface area contributed by atoms with E-state index in [0.717, 1.165) is 15.6 Å². The third-order valence-corrected chi connectivity index (χ3v) is 4.31. The summed E-state index contributed by atoms with van der Waals surface area (Å²) in [5.74, 6) is 2.16. The van der Waals surface area contributed by atoms with Crippen molar-refractivity contribution < 1.29 is 19.0 Å². The molecule has 0 spiro atoms. The van der Waals surface area contributed by atoms with Gasteiger partial charge in [-0.05, 0) is 32.0 Å². The van der Waals surface area contributed by atoms with Gasteiger partial charge in [-0.3, -0.25) is 4.79 Å². The first kappa shape index (κ1) is 17.2. The van der Waals surface area contributed by atoms with Gasteiger partial charge in [0.1, 0.15) is 23.9 Å². The van der Waals surface area contributed by atoms with Crippen LogP contribution in [0.1, 0.15) is 25.2 Å². The molecule has 0 radical (unpaired) electrons. The molecule has 0 amide bonds. The van der Waals surface area contributed by atoms with Crippen molar-refractivity contribution in [2.75, 3.05) is 6.61 Å². The first-order valence-electron chi connectivity index (χ1n) is 7.84. The summed E-state index contributed by atoms with van der Waals surface area (Å²) >= 11 is 1.50. The monoisotopic (exact) mass is 358 g/mol. The largest absolute Gasteiger partial charge is 0.489 e. The second kappa shape index (κ2) is 7.48. The number of carbonyl (C=O) groups excluding carboxylic acids is 1. The number of rotatable bonds is 6. The molecule has 0 N–H and O–H groups in total. The molecule has 0 bridgehead atoms. The average molecular weight is 358 g/mol. The van der Waals surface area contributed by atoms with Crippen molar-refractivity contribution >= 4 is 27.4 Å². The molecule has 2 heterocycles. The van der Waals surface area contributed by atoms with E-state index in [0.29, 0.717) is 36.4 Å². The van der Waals surface area contributed by atoms with Crippen LogP contribution in [0.5, 0.6) is 17.4 Å². The van der Waals surface area contributed by atoms with Crippen molar-refractivity contribution in [2.45, 2.75) is 27.4 Å². The lowest BCUT2D eigenvalue weighted by Gasteiger charge is -2.11. The van der Waals surface area contributed by atoms with Crippen LogP contribution in [0.25, 0.3) is 10.1 Å². The molecule has 0 fully saturated rings. The van der Waals surface area contributed by atoms with Crippen molar-refractivity contribution in [2.24, 2.45) is 0 Å². The van der Waals surface area contributed by atoms with Crippen LogP contribution in [0.3, 0.4) is 0 Å².